The van der Waals surface area contributed by atoms with Gasteiger partial charge in [-0.1, -0.05) is 23.7 Å². The van der Waals surface area contributed by atoms with E-state index in [1.807, 2.05) is 54.9 Å². The minimum atomic E-state index is -0.264. The second kappa shape index (κ2) is 8.71. The van der Waals surface area contributed by atoms with E-state index in [4.69, 9.17) is 11.6 Å². The lowest BCUT2D eigenvalue weighted by molar-refractivity contribution is -0.121. The molecular weight excluding hydrogens is 438 g/mol. The van der Waals surface area contributed by atoms with Gasteiger partial charge in [0.1, 0.15) is 4.83 Å². The molecule has 3 heterocycles. The Morgan fingerprint density at radius 1 is 1.20 bits per heavy atom. The molecule has 0 aliphatic heterocycles. The number of nitrogens with zero attached hydrogens (tertiary/aromatic N) is 2. The van der Waals surface area contributed by atoms with E-state index in [0.29, 0.717) is 10.4 Å². The SMILES string of the molecule is Cc1sc2ncn(CCC(=O)NC(c3ccc(Cl)cc3)c3ccsc3)c(=O)c2c1C. The van der Waals surface area contributed by atoms with Crippen LogP contribution in [-0.2, 0) is 11.3 Å². The van der Waals surface area contributed by atoms with Gasteiger partial charge in [0.15, 0.2) is 0 Å². The summed E-state index contributed by atoms with van der Waals surface area (Å²) in [7, 11) is 0. The van der Waals surface area contributed by atoms with Gasteiger partial charge in [0.2, 0.25) is 5.91 Å². The number of aryl methyl sites for hydroxylation is 3. The summed E-state index contributed by atoms with van der Waals surface area (Å²) in [6.45, 7) is 4.20. The zero-order valence-electron chi connectivity index (χ0n) is 16.5. The molecule has 0 saturated carbocycles. The molecule has 5 nitrogen and oxygen atoms in total. The quantitative estimate of drug-likeness (QED) is 0.438. The molecule has 0 fully saturated rings. The van der Waals surface area contributed by atoms with Crippen molar-refractivity contribution in [2.24, 2.45) is 0 Å². The van der Waals surface area contributed by atoms with Crippen LogP contribution in [0, 0.1) is 13.8 Å². The molecule has 0 saturated heterocycles. The maximum atomic E-state index is 12.8. The minimum Gasteiger partial charge on any atom is -0.345 e. The van der Waals surface area contributed by atoms with E-state index in [0.717, 1.165) is 26.4 Å². The van der Waals surface area contributed by atoms with Crippen LogP contribution >= 0.6 is 34.3 Å². The van der Waals surface area contributed by atoms with Crippen molar-refractivity contribution >= 4 is 50.4 Å². The Morgan fingerprint density at radius 2 is 1.97 bits per heavy atom. The molecule has 1 atom stereocenters. The van der Waals surface area contributed by atoms with Crippen molar-refractivity contribution in [2.75, 3.05) is 0 Å². The molecule has 1 N–H and O–H groups in total. The Balaban J connectivity index is 1.51. The first kappa shape index (κ1) is 20.8. The van der Waals surface area contributed by atoms with Crippen molar-refractivity contribution in [1.29, 1.82) is 0 Å². The Bertz CT molecular complexity index is 1240. The minimum absolute atomic E-state index is 0.0956. The molecule has 0 aliphatic carbocycles. The van der Waals surface area contributed by atoms with Crippen molar-refractivity contribution in [2.45, 2.75) is 32.9 Å². The first-order chi connectivity index (χ1) is 14.4. The number of carbonyl (C=O) groups is 1. The summed E-state index contributed by atoms with van der Waals surface area (Å²) in [5, 5.41) is 8.39. The van der Waals surface area contributed by atoms with E-state index in [1.165, 1.54) is 22.2 Å². The number of benzene rings is 1. The highest BCUT2D eigenvalue weighted by Crippen LogP contribution is 2.26. The molecule has 4 aromatic rings. The van der Waals surface area contributed by atoms with E-state index < -0.39 is 0 Å². The number of rotatable bonds is 6. The third-order valence-electron chi connectivity index (χ3n) is 5.12. The second-order valence-corrected chi connectivity index (χ2v) is 9.48. The number of aromatic nitrogens is 2. The van der Waals surface area contributed by atoms with Gasteiger partial charge in [-0.3, -0.25) is 14.2 Å². The lowest BCUT2D eigenvalue weighted by Crippen LogP contribution is -2.31. The number of carbonyl (C=O) groups excluding carboxylic acids is 1. The Kier molecular flexibility index (Phi) is 6.04. The maximum absolute atomic E-state index is 12.8. The largest absolute Gasteiger partial charge is 0.345 e. The van der Waals surface area contributed by atoms with Crippen molar-refractivity contribution in [3.05, 3.63) is 84.4 Å². The Hall–Kier alpha value is -2.48. The highest BCUT2D eigenvalue weighted by molar-refractivity contribution is 7.18. The van der Waals surface area contributed by atoms with Gasteiger partial charge in [-0.15, -0.1) is 11.3 Å². The first-order valence-electron chi connectivity index (χ1n) is 9.46. The monoisotopic (exact) mass is 457 g/mol. The summed E-state index contributed by atoms with van der Waals surface area (Å²) in [6, 6.07) is 9.18. The zero-order chi connectivity index (χ0) is 21.3. The predicted octanol–water partition coefficient (Wildman–Crippen LogP) is 5.09. The summed E-state index contributed by atoms with van der Waals surface area (Å²) in [6.07, 6.45) is 1.71. The smallest absolute Gasteiger partial charge is 0.262 e. The maximum Gasteiger partial charge on any atom is 0.262 e. The van der Waals surface area contributed by atoms with Crippen LogP contribution in [-0.4, -0.2) is 15.5 Å². The van der Waals surface area contributed by atoms with Crippen LogP contribution in [0.3, 0.4) is 0 Å². The lowest BCUT2D eigenvalue weighted by atomic mass is 10.0. The van der Waals surface area contributed by atoms with Crippen LogP contribution in [0.2, 0.25) is 5.02 Å². The summed E-state index contributed by atoms with van der Waals surface area (Å²) >= 11 is 9.11. The highest BCUT2D eigenvalue weighted by Gasteiger charge is 2.18. The van der Waals surface area contributed by atoms with Crippen molar-refractivity contribution in [3.8, 4) is 0 Å². The van der Waals surface area contributed by atoms with Gasteiger partial charge in [-0.2, -0.15) is 11.3 Å². The fourth-order valence-electron chi connectivity index (χ4n) is 3.34. The normalized spacial score (nSPS) is 12.2. The van der Waals surface area contributed by atoms with Gasteiger partial charge in [0, 0.05) is 22.9 Å². The molecule has 1 unspecified atom stereocenters. The lowest BCUT2D eigenvalue weighted by Gasteiger charge is -2.19. The van der Waals surface area contributed by atoms with E-state index in [2.05, 4.69) is 10.3 Å². The highest BCUT2D eigenvalue weighted by atomic mass is 35.5. The number of thiophene rings is 2. The van der Waals surface area contributed by atoms with Crippen molar-refractivity contribution in [3.63, 3.8) is 0 Å². The van der Waals surface area contributed by atoms with Crippen molar-refractivity contribution in [1.82, 2.24) is 14.9 Å². The van der Waals surface area contributed by atoms with Crippen LogP contribution in [0.25, 0.3) is 10.2 Å². The summed E-state index contributed by atoms with van der Waals surface area (Å²) < 4.78 is 1.52. The third kappa shape index (κ3) is 4.19. The van der Waals surface area contributed by atoms with Gasteiger partial charge < -0.3 is 5.32 Å². The summed E-state index contributed by atoms with van der Waals surface area (Å²) in [5.41, 5.74) is 2.84. The number of halogens is 1. The molecule has 0 bridgehead atoms. The third-order valence-corrected chi connectivity index (χ3v) is 7.19. The van der Waals surface area contributed by atoms with Crippen LogP contribution in [0.5, 0.6) is 0 Å². The average Bonchev–Trinajstić information content (AvgIpc) is 3.35. The van der Waals surface area contributed by atoms with Crippen LogP contribution in [0.4, 0.5) is 0 Å². The second-order valence-electron chi connectivity index (χ2n) is 7.07. The fraction of sp³-hybridized carbons (Fsp3) is 0.227. The number of hydrogen-bond acceptors (Lipinski definition) is 5. The number of amides is 1. The van der Waals surface area contributed by atoms with E-state index in [1.54, 1.807) is 11.3 Å². The van der Waals surface area contributed by atoms with Gasteiger partial charge >= 0.3 is 0 Å². The molecule has 0 radical (unpaired) electrons. The van der Waals surface area contributed by atoms with Crippen molar-refractivity contribution < 1.29 is 4.79 Å². The zero-order valence-corrected chi connectivity index (χ0v) is 18.9. The molecule has 0 spiro atoms. The molecule has 154 valence electrons. The number of nitrogens with one attached hydrogen (secondary N) is 1. The molecule has 30 heavy (non-hydrogen) atoms. The van der Waals surface area contributed by atoms with Gasteiger partial charge in [0.05, 0.1) is 17.8 Å². The van der Waals surface area contributed by atoms with Crippen LogP contribution < -0.4 is 10.9 Å². The van der Waals surface area contributed by atoms with Gasteiger partial charge in [0.25, 0.3) is 5.56 Å². The summed E-state index contributed by atoms with van der Waals surface area (Å²) in [4.78, 5) is 31.8. The van der Waals surface area contributed by atoms with Crippen LogP contribution in [0.1, 0.15) is 34.0 Å². The molecule has 1 amide bonds. The summed E-state index contributed by atoms with van der Waals surface area (Å²) in [5.74, 6) is -0.133. The average molecular weight is 458 g/mol. The Morgan fingerprint density at radius 3 is 2.67 bits per heavy atom. The molecule has 3 aromatic heterocycles. The fourth-order valence-corrected chi connectivity index (χ4v) is 5.14. The molecule has 0 aliphatic rings. The van der Waals surface area contributed by atoms with Gasteiger partial charge in [-0.25, -0.2) is 4.98 Å². The Labute approximate surface area is 187 Å². The van der Waals surface area contributed by atoms with Crippen LogP contribution in [0.15, 0.2) is 52.2 Å². The molecular formula is C22H20ClN3O2S2. The molecule has 8 heteroatoms. The first-order valence-corrected chi connectivity index (χ1v) is 11.6. The predicted molar refractivity (Wildman–Crippen MR) is 124 cm³/mol. The van der Waals surface area contributed by atoms with Gasteiger partial charge in [-0.05, 0) is 59.5 Å². The van der Waals surface area contributed by atoms with E-state index in [-0.39, 0.29) is 30.5 Å². The number of fused-ring (bicyclic) bond motifs is 1. The van der Waals surface area contributed by atoms with E-state index >= 15 is 0 Å². The topological polar surface area (TPSA) is 64.0 Å². The van der Waals surface area contributed by atoms with E-state index in [9.17, 15) is 9.59 Å². The number of hydrogen-bond donors (Lipinski definition) is 1. The standard InChI is InChI=1S/C22H20ClN3O2S2/c1-13-14(2)30-21-19(13)22(28)26(12-24-21)9-7-18(27)25-20(16-8-10-29-11-16)15-3-5-17(23)6-4-15/h3-6,8,10-12,20H,7,9H2,1-2H3,(H,25,27). The molecule has 4 rings (SSSR count). The molecule has 1 aromatic carbocycles.